The number of aromatic nitrogens is 1. The second kappa shape index (κ2) is 6.18. The molecule has 1 aliphatic carbocycles. The number of ether oxygens (including phenoxy) is 1. The number of likely N-dealkylation sites (tertiary alicyclic amines) is 1. The molecular formula is C17H22N2O4. The third-order valence-electron chi connectivity index (χ3n) is 4.92. The first-order chi connectivity index (χ1) is 11.0. The van der Waals surface area contributed by atoms with Crippen molar-refractivity contribution in [1.29, 1.82) is 0 Å². The van der Waals surface area contributed by atoms with Gasteiger partial charge in [-0.3, -0.25) is 4.79 Å². The Labute approximate surface area is 135 Å². The molecule has 1 aliphatic heterocycles. The molecule has 1 aromatic heterocycles. The van der Waals surface area contributed by atoms with Gasteiger partial charge in [0.1, 0.15) is 11.6 Å². The molecule has 1 N–H and O–H groups in total. The van der Waals surface area contributed by atoms with Gasteiger partial charge in [-0.15, -0.1) is 0 Å². The van der Waals surface area contributed by atoms with Gasteiger partial charge < -0.3 is 14.7 Å². The van der Waals surface area contributed by atoms with Crippen LogP contribution in [0.3, 0.4) is 0 Å². The van der Waals surface area contributed by atoms with Gasteiger partial charge in [0.2, 0.25) is 5.88 Å². The molecule has 1 unspecified atom stereocenters. The fourth-order valence-electron chi connectivity index (χ4n) is 3.42. The Bertz CT molecular complexity index is 595. The molecule has 2 heterocycles. The molecule has 1 atom stereocenters. The van der Waals surface area contributed by atoms with Crippen LogP contribution in [-0.4, -0.2) is 45.1 Å². The topological polar surface area (TPSA) is 79.7 Å². The van der Waals surface area contributed by atoms with Crippen LogP contribution >= 0.6 is 0 Å². The first-order valence-electron chi connectivity index (χ1n) is 8.19. The number of carbonyl (C=O) groups excluding carboxylic acids is 1. The van der Waals surface area contributed by atoms with Crippen molar-refractivity contribution in [3.63, 3.8) is 0 Å². The summed E-state index contributed by atoms with van der Waals surface area (Å²) in [6.45, 7) is 2.06. The Balaban J connectivity index is 1.71. The van der Waals surface area contributed by atoms with E-state index in [0.717, 1.165) is 12.8 Å². The monoisotopic (exact) mass is 318 g/mol. The van der Waals surface area contributed by atoms with Crippen molar-refractivity contribution in [2.75, 3.05) is 6.54 Å². The summed E-state index contributed by atoms with van der Waals surface area (Å²) in [5.74, 6) is -0.722. The standard InChI is InChI=1S/C17H22N2O4/c1-17(16(21)22)9-4-10-19(17)15(20)12-7-8-14(18-11-12)23-13-5-2-3-6-13/h7-8,11,13H,2-6,9-10H2,1H3,(H,21,22). The SMILES string of the molecule is CC1(C(=O)O)CCCN1C(=O)c1ccc(OC2CCCC2)nc1. The van der Waals surface area contributed by atoms with Crippen LogP contribution in [-0.2, 0) is 4.79 Å². The van der Waals surface area contributed by atoms with Crippen LogP contribution in [0.15, 0.2) is 18.3 Å². The van der Waals surface area contributed by atoms with Crippen LogP contribution in [0.5, 0.6) is 5.88 Å². The average molecular weight is 318 g/mol. The number of carboxylic acid groups (broad SMARTS) is 1. The number of aliphatic carboxylic acids is 1. The van der Waals surface area contributed by atoms with Gasteiger partial charge >= 0.3 is 5.97 Å². The highest BCUT2D eigenvalue weighted by Crippen LogP contribution is 2.31. The molecule has 124 valence electrons. The van der Waals surface area contributed by atoms with Crippen LogP contribution in [0.4, 0.5) is 0 Å². The smallest absolute Gasteiger partial charge is 0.329 e. The average Bonchev–Trinajstić information content (AvgIpc) is 3.17. The maximum atomic E-state index is 12.6. The normalized spacial score (nSPS) is 24.8. The molecule has 23 heavy (non-hydrogen) atoms. The molecule has 1 saturated heterocycles. The van der Waals surface area contributed by atoms with Gasteiger partial charge in [-0.05, 0) is 51.5 Å². The second-order valence-electron chi connectivity index (χ2n) is 6.55. The van der Waals surface area contributed by atoms with Crippen LogP contribution in [0.1, 0.15) is 55.8 Å². The number of hydrogen-bond acceptors (Lipinski definition) is 4. The van der Waals surface area contributed by atoms with Crippen molar-refractivity contribution in [1.82, 2.24) is 9.88 Å². The maximum absolute atomic E-state index is 12.6. The molecule has 2 aliphatic rings. The Morgan fingerprint density at radius 1 is 1.30 bits per heavy atom. The molecule has 6 nitrogen and oxygen atoms in total. The lowest BCUT2D eigenvalue weighted by Crippen LogP contribution is -2.50. The third-order valence-corrected chi connectivity index (χ3v) is 4.92. The Kier molecular flexibility index (Phi) is 4.24. The Morgan fingerprint density at radius 3 is 2.65 bits per heavy atom. The van der Waals surface area contributed by atoms with Crippen molar-refractivity contribution in [3.8, 4) is 5.88 Å². The summed E-state index contributed by atoms with van der Waals surface area (Å²) < 4.78 is 5.78. The predicted octanol–water partition coefficient (Wildman–Crippen LogP) is 2.48. The molecular weight excluding hydrogens is 296 g/mol. The summed E-state index contributed by atoms with van der Waals surface area (Å²) in [4.78, 5) is 29.7. The minimum atomic E-state index is -1.13. The van der Waals surface area contributed by atoms with Gasteiger partial charge in [0.05, 0.1) is 5.56 Å². The summed E-state index contributed by atoms with van der Waals surface area (Å²) in [6, 6.07) is 3.36. The number of amides is 1. The fourth-order valence-corrected chi connectivity index (χ4v) is 3.42. The zero-order chi connectivity index (χ0) is 16.4. The highest BCUT2D eigenvalue weighted by molar-refractivity contribution is 5.98. The lowest BCUT2D eigenvalue weighted by molar-refractivity contribution is -0.147. The largest absolute Gasteiger partial charge is 0.480 e. The third kappa shape index (κ3) is 3.02. The summed E-state index contributed by atoms with van der Waals surface area (Å²) in [5.41, 5.74) is -0.728. The van der Waals surface area contributed by atoms with E-state index in [1.54, 1.807) is 19.1 Å². The van der Waals surface area contributed by atoms with Gasteiger partial charge in [-0.2, -0.15) is 0 Å². The molecule has 1 amide bonds. The predicted molar refractivity (Wildman–Crippen MR) is 83.4 cm³/mol. The van der Waals surface area contributed by atoms with Gasteiger partial charge in [0.25, 0.3) is 5.91 Å². The molecule has 6 heteroatoms. The van der Waals surface area contributed by atoms with E-state index in [9.17, 15) is 14.7 Å². The minimum absolute atomic E-state index is 0.220. The van der Waals surface area contributed by atoms with E-state index in [1.807, 2.05) is 0 Å². The van der Waals surface area contributed by atoms with E-state index in [4.69, 9.17) is 4.74 Å². The molecule has 1 saturated carbocycles. The van der Waals surface area contributed by atoms with Crippen LogP contribution in [0.25, 0.3) is 0 Å². The van der Waals surface area contributed by atoms with E-state index in [-0.39, 0.29) is 12.0 Å². The summed E-state index contributed by atoms with van der Waals surface area (Å²) in [5, 5.41) is 9.41. The molecule has 0 radical (unpaired) electrons. The number of carbonyl (C=O) groups is 2. The number of carboxylic acids is 1. The molecule has 0 spiro atoms. The molecule has 0 aromatic carbocycles. The Hall–Kier alpha value is -2.11. The van der Waals surface area contributed by atoms with E-state index in [0.29, 0.717) is 30.8 Å². The number of nitrogens with zero attached hydrogens (tertiary/aromatic N) is 2. The number of rotatable bonds is 4. The van der Waals surface area contributed by atoms with Crippen molar-refractivity contribution >= 4 is 11.9 Å². The number of pyridine rings is 1. The van der Waals surface area contributed by atoms with Crippen LogP contribution < -0.4 is 4.74 Å². The Morgan fingerprint density at radius 2 is 2.04 bits per heavy atom. The first kappa shape index (κ1) is 15.8. The summed E-state index contributed by atoms with van der Waals surface area (Å²) in [6.07, 6.45) is 7.34. The zero-order valence-electron chi connectivity index (χ0n) is 13.3. The van der Waals surface area contributed by atoms with Crippen LogP contribution in [0.2, 0.25) is 0 Å². The van der Waals surface area contributed by atoms with E-state index < -0.39 is 11.5 Å². The van der Waals surface area contributed by atoms with Crippen molar-refractivity contribution in [2.24, 2.45) is 0 Å². The van der Waals surface area contributed by atoms with Gasteiger partial charge in [0.15, 0.2) is 0 Å². The summed E-state index contributed by atoms with van der Waals surface area (Å²) in [7, 11) is 0. The molecule has 3 rings (SSSR count). The van der Waals surface area contributed by atoms with Crippen LogP contribution in [0, 0.1) is 0 Å². The molecule has 0 bridgehead atoms. The van der Waals surface area contributed by atoms with E-state index >= 15 is 0 Å². The highest BCUT2D eigenvalue weighted by atomic mass is 16.5. The van der Waals surface area contributed by atoms with Gasteiger partial charge in [-0.25, -0.2) is 9.78 Å². The van der Waals surface area contributed by atoms with Gasteiger partial charge in [-0.1, -0.05) is 0 Å². The molecule has 1 aromatic rings. The van der Waals surface area contributed by atoms with Gasteiger partial charge in [0, 0.05) is 18.8 Å². The molecule has 2 fully saturated rings. The fraction of sp³-hybridized carbons (Fsp3) is 0.588. The van der Waals surface area contributed by atoms with Crippen molar-refractivity contribution in [2.45, 2.75) is 57.1 Å². The van der Waals surface area contributed by atoms with Crippen molar-refractivity contribution < 1.29 is 19.4 Å². The maximum Gasteiger partial charge on any atom is 0.329 e. The second-order valence-corrected chi connectivity index (χ2v) is 6.55. The quantitative estimate of drug-likeness (QED) is 0.922. The van der Waals surface area contributed by atoms with E-state index in [2.05, 4.69) is 4.98 Å². The zero-order valence-corrected chi connectivity index (χ0v) is 13.3. The first-order valence-corrected chi connectivity index (χ1v) is 8.19. The van der Waals surface area contributed by atoms with Crippen molar-refractivity contribution in [3.05, 3.63) is 23.9 Å². The lowest BCUT2D eigenvalue weighted by atomic mass is 9.99. The number of hydrogen-bond donors (Lipinski definition) is 1. The van der Waals surface area contributed by atoms with E-state index in [1.165, 1.54) is 23.9 Å². The lowest BCUT2D eigenvalue weighted by Gasteiger charge is -2.31. The minimum Gasteiger partial charge on any atom is -0.480 e. The summed E-state index contributed by atoms with van der Waals surface area (Å²) >= 11 is 0. The highest BCUT2D eigenvalue weighted by Gasteiger charge is 2.46.